The largest absolute Gasteiger partial charge is 0.381 e. The normalized spacial score (nSPS) is 35.3. The van der Waals surface area contributed by atoms with Crippen LogP contribution in [0.5, 0.6) is 0 Å². The molecule has 2 heterocycles. The molecule has 21 heavy (non-hydrogen) atoms. The van der Waals surface area contributed by atoms with Crippen molar-refractivity contribution in [3.8, 4) is 0 Å². The quantitative estimate of drug-likeness (QED) is 0.843. The van der Waals surface area contributed by atoms with Crippen LogP contribution in [0.1, 0.15) is 40.5 Å². The molecule has 0 aromatic heterocycles. The van der Waals surface area contributed by atoms with E-state index in [0.717, 1.165) is 26.3 Å². The van der Waals surface area contributed by atoms with Crippen LogP contribution in [0.25, 0.3) is 0 Å². The highest BCUT2D eigenvalue weighted by Gasteiger charge is 2.53. The van der Waals surface area contributed by atoms with Gasteiger partial charge < -0.3 is 19.7 Å². The fourth-order valence-corrected chi connectivity index (χ4v) is 4.38. The van der Waals surface area contributed by atoms with Crippen molar-refractivity contribution in [3.63, 3.8) is 0 Å². The molecule has 124 valence electrons. The molecule has 4 nitrogen and oxygen atoms in total. The van der Waals surface area contributed by atoms with Gasteiger partial charge in [-0.3, -0.25) is 0 Å². The van der Waals surface area contributed by atoms with Gasteiger partial charge in [-0.1, -0.05) is 0 Å². The number of hydrogen-bond donors (Lipinski definition) is 1. The van der Waals surface area contributed by atoms with Gasteiger partial charge >= 0.3 is 0 Å². The maximum absolute atomic E-state index is 6.33. The van der Waals surface area contributed by atoms with Crippen LogP contribution in [0.15, 0.2) is 0 Å². The molecule has 0 saturated carbocycles. The number of likely N-dealkylation sites (N-methyl/N-ethyl adjacent to an activating group) is 1. The Hall–Kier alpha value is -0.160. The summed E-state index contributed by atoms with van der Waals surface area (Å²) >= 11 is 0. The molecular weight excluding hydrogens is 264 g/mol. The molecule has 0 radical (unpaired) electrons. The Morgan fingerprint density at radius 3 is 2.43 bits per heavy atom. The van der Waals surface area contributed by atoms with Crippen LogP contribution in [-0.2, 0) is 9.47 Å². The van der Waals surface area contributed by atoms with Crippen LogP contribution < -0.4 is 5.32 Å². The van der Waals surface area contributed by atoms with Gasteiger partial charge in [-0.25, -0.2) is 0 Å². The van der Waals surface area contributed by atoms with Gasteiger partial charge in [0, 0.05) is 31.7 Å². The second-order valence-electron chi connectivity index (χ2n) is 7.99. The molecule has 0 amide bonds. The van der Waals surface area contributed by atoms with Crippen molar-refractivity contribution in [2.75, 3.05) is 40.4 Å². The minimum Gasteiger partial charge on any atom is -0.381 e. The van der Waals surface area contributed by atoms with E-state index in [0.29, 0.717) is 17.9 Å². The lowest BCUT2D eigenvalue weighted by atomic mass is 9.82. The second-order valence-corrected chi connectivity index (χ2v) is 7.99. The molecule has 2 rings (SSSR count). The van der Waals surface area contributed by atoms with Crippen molar-refractivity contribution < 1.29 is 9.47 Å². The summed E-state index contributed by atoms with van der Waals surface area (Å²) in [5.74, 6) is 1.18. The van der Waals surface area contributed by atoms with E-state index in [-0.39, 0.29) is 11.2 Å². The van der Waals surface area contributed by atoms with Crippen molar-refractivity contribution in [1.29, 1.82) is 0 Å². The molecule has 1 N–H and O–H groups in total. The first-order valence-electron chi connectivity index (χ1n) is 8.40. The van der Waals surface area contributed by atoms with Crippen LogP contribution in [0, 0.1) is 11.8 Å². The van der Waals surface area contributed by atoms with E-state index in [1.165, 1.54) is 12.8 Å². The molecule has 0 bridgehead atoms. The predicted octanol–water partition coefficient (Wildman–Crippen LogP) is 2.14. The molecule has 0 aromatic carbocycles. The molecule has 0 spiro atoms. The highest BCUT2D eigenvalue weighted by molar-refractivity contribution is 5.05. The highest BCUT2D eigenvalue weighted by Crippen LogP contribution is 2.42. The first kappa shape index (κ1) is 17.2. The lowest BCUT2D eigenvalue weighted by Crippen LogP contribution is -2.49. The minimum absolute atomic E-state index is 0.0888. The average Bonchev–Trinajstić information content (AvgIpc) is 2.55. The molecule has 0 aliphatic carbocycles. The second kappa shape index (κ2) is 6.53. The summed E-state index contributed by atoms with van der Waals surface area (Å²) in [6, 6.07) is 0.387. The standard InChI is InChI=1S/C17H34N2O2/c1-16(2)14(15(18-5)17(3,4)21-16)11-19(6)10-13-8-7-9-20-12-13/h13-15,18H,7-12H2,1-6H3. The van der Waals surface area contributed by atoms with Crippen LogP contribution in [-0.4, -0.2) is 62.5 Å². The third kappa shape index (κ3) is 3.98. The zero-order chi connectivity index (χ0) is 15.7. The summed E-state index contributed by atoms with van der Waals surface area (Å²) in [4.78, 5) is 2.47. The van der Waals surface area contributed by atoms with Gasteiger partial charge in [-0.15, -0.1) is 0 Å². The van der Waals surface area contributed by atoms with E-state index in [4.69, 9.17) is 9.47 Å². The highest BCUT2D eigenvalue weighted by atomic mass is 16.5. The summed E-state index contributed by atoms with van der Waals surface area (Å²) in [6.07, 6.45) is 2.51. The number of hydrogen-bond acceptors (Lipinski definition) is 4. The predicted molar refractivity (Wildman–Crippen MR) is 86.6 cm³/mol. The van der Waals surface area contributed by atoms with Crippen LogP contribution in [0.2, 0.25) is 0 Å². The monoisotopic (exact) mass is 298 g/mol. The van der Waals surface area contributed by atoms with E-state index < -0.39 is 0 Å². The molecular formula is C17H34N2O2. The van der Waals surface area contributed by atoms with Crippen molar-refractivity contribution in [1.82, 2.24) is 10.2 Å². The fourth-order valence-electron chi connectivity index (χ4n) is 4.38. The third-order valence-electron chi connectivity index (χ3n) is 5.21. The Kier molecular flexibility index (Phi) is 5.35. The van der Waals surface area contributed by atoms with Gasteiger partial charge in [-0.2, -0.15) is 0 Å². The first-order valence-corrected chi connectivity index (χ1v) is 8.40. The Balaban J connectivity index is 1.95. The van der Waals surface area contributed by atoms with Gasteiger partial charge in [0.25, 0.3) is 0 Å². The lowest BCUT2D eigenvalue weighted by molar-refractivity contribution is -0.0794. The summed E-state index contributed by atoms with van der Waals surface area (Å²) in [7, 11) is 4.29. The molecule has 2 aliphatic heterocycles. The molecule has 2 aliphatic rings. The van der Waals surface area contributed by atoms with Crippen LogP contribution >= 0.6 is 0 Å². The zero-order valence-electron chi connectivity index (χ0n) is 14.7. The summed E-state index contributed by atoms with van der Waals surface area (Å²) in [6.45, 7) is 12.9. The fraction of sp³-hybridized carbons (Fsp3) is 1.00. The van der Waals surface area contributed by atoms with E-state index in [2.05, 4.69) is 52.0 Å². The number of ether oxygens (including phenoxy) is 2. The van der Waals surface area contributed by atoms with Gasteiger partial charge in [0.2, 0.25) is 0 Å². The Bertz CT molecular complexity index is 338. The average molecular weight is 298 g/mol. The van der Waals surface area contributed by atoms with Gasteiger partial charge in [0.15, 0.2) is 0 Å². The minimum atomic E-state index is -0.113. The molecule has 4 heteroatoms. The van der Waals surface area contributed by atoms with Crippen molar-refractivity contribution in [2.24, 2.45) is 11.8 Å². The Morgan fingerprint density at radius 1 is 1.14 bits per heavy atom. The van der Waals surface area contributed by atoms with E-state index in [1.54, 1.807) is 0 Å². The van der Waals surface area contributed by atoms with Crippen molar-refractivity contribution >= 4 is 0 Å². The van der Waals surface area contributed by atoms with E-state index in [1.807, 2.05) is 0 Å². The van der Waals surface area contributed by atoms with Crippen molar-refractivity contribution in [3.05, 3.63) is 0 Å². The summed E-state index contributed by atoms with van der Waals surface area (Å²) in [5.41, 5.74) is -0.202. The smallest absolute Gasteiger partial charge is 0.0790 e. The first-order chi connectivity index (χ1) is 9.76. The molecule has 3 unspecified atom stereocenters. The van der Waals surface area contributed by atoms with Crippen LogP contribution in [0.3, 0.4) is 0 Å². The molecule has 2 fully saturated rings. The van der Waals surface area contributed by atoms with Gasteiger partial charge in [0.05, 0.1) is 17.8 Å². The van der Waals surface area contributed by atoms with Gasteiger partial charge in [0.1, 0.15) is 0 Å². The topological polar surface area (TPSA) is 33.7 Å². The molecule has 2 saturated heterocycles. The molecule has 0 aromatic rings. The van der Waals surface area contributed by atoms with Crippen molar-refractivity contribution in [2.45, 2.75) is 57.8 Å². The van der Waals surface area contributed by atoms with E-state index >= 15 is 0 Å². The number of rotatable bonds is 5. The lowest BCUT2D eigenvalue weighted by Gasteiger charge is -2.34. The summed E-state index contributed by atoms with van der Waals surface area (Å²) < 4.78 is 11.9. The number of nitrogens with zero attached hydrogens (tertiary/aromatic N) is 1. The molecule has 3 atom stereocenters. The van der Waals surface area contributed by atoms with Crippen LogP contribution in [0.4, 0.5) is 0 Å². The SMILES string of the molecule is CNC1C(CN(C)CC2CCCOC2)C(C)(C)OC1(C)C. The van der Waals surface area contributed by atoms with E-state index in [9.17, 15) is 0 Å². The maximum Gasteiger partial charge on any atom is 0.0790 e. The zero-order valence-corrected chi connectivity index (χ0v) is 14.7. The Labute approximate surface area is 130 Å². The maximum atomic E-state index is 6.33. The Morgan fingerprint density at radius 2 is 1.86 bits per heavy atom. The summed E-state index contributed by atoms with van der Waals surface area (Å²) in [5, 5.41) is 3.49. The number of nitrogens with one attached hydrogen (secondary N) is 1. The third-order valence-corrected chi connectivity index (χ3v) is 5.21. The van der Waals surface area contributed by atoms with Gasteiger partial charge in [-0.05, 0) is 60.5 Å².